The molecule has 0 amide bonds. The van der Waals surface area contributed by atoms with Crippen molar-refractivity contribution in [3.8, 4) is 28.0 Å². The zero-order valence-electron chi connectivity index (χ0n) is 13.1. The molecule has 0 aliphatic rings. The van der Waals surface area contributed by atoms with Crippen LogP contribution in [0.15, 0.2) is 74.9 Å². The first kappa shape index (κ1) is 16.1. The third-order valence-electron chi connectivity index (χ3n) is 3.55. The van der Waals surface area contributed by atoms with Crippen LogP contribution in [0.4, 0.5) is 0 Å². The zero-order valence-corrected chi connectivity index (χ0v) is 15.5. The second-order valence-electron chi connectivity index (χ2n) is 5.33. The lowest BCUT2D eigenvalue weighted by molar-refractivity contribution is 0.306. The lowest BCUT2D eigenvalue weighted by Crippen LogP contribution is -1.95. The Bertz CT molecular complexity index is 965. The molecule has 0 spiro atoms. The average Bonchev–Trinajstić information content (AvgIpc) is 3.33. The standard InChI is InChI=1S/C19H13BrN2O2S/c20-15-6-8-16(9-7-15)23-12-13-3-1-4-14(11-13)18-21-22-19(24-18)17-5-2-10-25-17/h1-11H,12H2. The molecule has 2 heterocycles. The molecule has 0 radical (unpaired) electrons. The Kier molecular flexibility index (Phi) is 4.63. The lowest BCUT2D eigenvalue weighted by Gasteiger charge is -2.07. The van der Waals surface area contributed by atoms with Crippen LogP contribution < -0.4 is 4.74 Å². The summed E-state index contributed by atoms with van der Waals surface area (Å²) in [5, 5.41) is 10.3. The van der Waals surface area contributed by atoms with Gasteiger partial charge in [0.1, 0.15) is 12.4 Å². The van der Waals surface area contributed by atoms with Crippen LogP contribution in [0.1, 0.15) is 5.56 Å². The first-order chi connectivity index (χ1) is 12.3. The number of hydrogen-bond donors (Lipinski definition) is 0. The van der Waals surface area contributed by atoms with Gasteiger partial charge in [0.15, 0.2) is 0 Å². The number of ether oxygens (including phenoxy) is 1. The van der Waals surface area contributed by atoms with Crippen LogP contribution in [0.3, 0.4) is 0 Å². The van der Waals surface area contributed by atoms with Gasteiger partial charge in [-0.05, 0) is 53.4 Å². The van der Waals surface area contributed by atoms with Gasteiger partial charge in [-0.3, -0.25) is 0 Å². The van der Waals surface area contributed by atoms with Crippen molar-refractivity contribution in [2.45, 2.75) is 6.61 Å². The molecule has 0 unspecified atom stereocenters. The molecule has 4 rings (SSSR count). The van der Waals surface area contributed by atoms with Crippen LogP contribution in [-0.2, 0) is 6.61 Å². The van der Waals surface area contributed by atoms with Crippen LogP contribution >= 0.6 is 27.3 Å². The van der Waals surface area contributed by atoms with E-state index in [1.165, 1.54) is 0 Å². The molecule has 2 aromatic carbocycles. The van der Waals surface area contributed by atoms with Gasteiger partial charge in [-0.2, -0.15) is 0 Å². The Balaban J connectivity index is 1.50. The molecule has 2 aromatic heterocycles. The summed E-state index contributed by atoms with van der Waals surface area (Å²) < 4.78 is 12.6. The zero-order chi connectivity index (χ0) is 17.1. The fourth-order valence-electron chi connectivity index (χ4n) is 2.33. The maximum Gasteiger partial charge on any atom is 0.258 e. The minimum absolute atomic E-state index is 0.474. The minimum atomic E-state index is 0.474. The number of nitrogens with zero attached hydrogens (tertiary/aromatic N) is 2. The summed E-state index contributed by atoms with van der Waals surface area (Å²) >= 11 is 4.99. The van der Waals surface area contributed by atoms with E-state index < -0.39 is 0 Å². The van der Waals surface area contributed by atoms with Gasteiger partial charge in [-0.1, -0.05) is 34.1 Å². The minimum Gasteiger partial charge on any atom is -0.489 e. The summed E-state index contributed by atoms with van der Waals surface area (Å²) in [6.45, 7) is 0.474. The number of hydrogen-bond acceptors (Lipinski definition) is 5. The Morgan fingerprint density at radius 3 is 2.60 bits per heavy atom. The molecule has 0 bridgehead atoms. The van der Waals surface area contributed by atoms with Gasteiger partial charge in [0, 0.05) is 10.0 Å². The van der Waals surface area contributed by atoms with Crippen LogP contribution in [0.25, 0.3) is 22.2 Å². The molecule has 6 heteroatoms. The summed E-state index contributed by atoms with van der Waals surface area (Å²) in [5.74, 6) is 1.88. The molecule has 4 nitrogen and oxygen atoms in total. The predicted octanol–water partition coefficient (Wildman–Crippen LogP) is 5.81. The van der Waals surface area contributed by atoms with Crippen molar-refractivity contribution in [1.29, 1.82) is 0 Å². The quantitative estimate of drug-likeness (QED) is 0.415. The third kappa shape index (κ3) is 3.81. The lowest BCUT2D eigenvalue weighted by atomic mass is 10.1. The highest BCUT2D eigenvalue weighted by atomic mass is 79.9. The third-order valence-corrected chi connectivity index (χ3v) is 4.94. The second-order valence-corrected chi connectivity index (χ2v) is 7.20. The van der Waals surface area contributed by atoms with E-state index in [-0.39, 0.29) is 0 Å². The normalized spacial score (nSPS) is 10.8. The van der Waals surface area contributed by atoms with Crippen molar-refractivity contribution in [2.24, 2.45) is 0 Å². The second kappa shape index (κ2) is 7.21. The summed E-state index contributed by atoms with van der Waals surface area (Å²) in [6, 6.07) is 19.6. The van der Waals surface area contributed by atoms with Gasteiger partial charge < -0.3 is 9.15 Å². The number of thiophene rings is 1. The molecule has 124 valence electrons. The maximum absolute atomic E-state index is 5.82. The van der Waals surface area contributed by atoms with E-state index in [9.17, 15) is 0 Å². The summed E-state index contributed by atoms with van der Waals surface area (Å²) in [4.78, 5) is 0.966. The molecule has 0 saturated heterocycles. The Hall–Kier alpha value is -2.44. The maximum atomic E-state index is 5.82. The van der Waals surface area contributed by atoms with E-state index in [4.69, 9.17) is 9.15 Å². The fourth-order valence-corrected chi connectivity index (χ4v) is 3.24. The molecule has 25 heavy (non-hydrogen) atoms. The largest absolute Gasteiger partial charge is 0.489 e. The molecule has 4 aromatic rings. The van der Waals surface area contributed by atoms with Gasteiger partial charge in [0.05, 0.1) is 4.88 Å². The Morgan fingerprint density at radius 1 is 0.960 bits per heavy atom. The summed E-state index contributed by atoms with van der Waals surface area (Å²) in [6.07, 6.45) is 0. The molecule has 0 fully saturated rings. The van der Waals surface area contributed by atoms with E-state index in [0.29, 0.717) is 18.4 Å². The summed E-state index contributed by atoms with van der Waals surface area (Å²) in [7, 11) is 0. The van der Waals surface area contributed by atoms with Crippen LogP contribution in [0.2, 0.25) is 0 Å². The SMILES string of the molecule is Brc1ccc(OCc2cccc(-c3nnc(-c4cccs4)o3)c2)cc1. The van der Waals surface area contributed by atoms with E-state index in [1.807, 2.05) is 66.0 Å². The number of rotatable bonds is 5. The first-order valence-electron chi connectivity index (χ1n) is 7.63. The highest BCUT2D eigenvalue weighted by Crippen LogP contribution is 2.27. The van der Waals surface area contributed by atoms with Crippen molar-refractivity contribution >= 4 is 27.3 Å². The highest BCUT2D eigenvalue weighted by Gasteiger charge is 2.11. The first-order valence-corrected chi connectivity index (χ1v) is 9.30. The van der Waals surface area contributed by atoms with E-state index in [0.717, 1.165) is 26.2 Å². The van der Waals surface area contributed by atoms with Crippen molar-refractivity contribution in [1.82, 2.24) is 10.2 Å². The molecule has 0 N–H and O–H groups in total. The molecule has 0 atom stereocenters. The summed E-state index contributed by atoms with van der Waals surface area (Å²) in [5.41, 5.74) is 1.92. The smallest absolute Gasteiger partial charge is 0.258 e. The molecule has 0 aliphatic heterocycles. The molecular formula is C19H13BrN2O2S. The molecular weight excluding hydrogens is 400 g/mol. The number of halogens is 1. The van der Waals surface area contributed by atoms with Crippen molar-refractivity contribution in [2.75, 3.05) is 0 Å². The van der Waals surface area contributed by atoms with Gasteiger partial charge >= 0.3 is 0 Å². The van der Waals surface area contributed by atoms with Crippen molar-refractivity contribution in [3.63, 3.8) is 0 Å². The van der Waals surface area contributed by atoms with Crippen LogP contribution in [-0.4, -0.2) is 10.2 Å². The Labute approximate surface area is 157 Å². The predicted molar refractivity (Wildman–Crippen MR) is 102 cm³/mol. The van der Waals surface area contributed by atoms with Gasteiger partial charge in [0.25, 0.3) is 5.89 Å². The number of aromatic nitrogens is 2. The van der Waals surface area contributed by atoms with E-state index in [2.05, 4.69) is 26.1 Å². The van der Waals surface area contributed by atoms with Gasteiger partial charge in [-0.15, -0.1) is 21.5 Å². The topological polar surface area (TPSA) is 48.2 Å². The molecule has 0 aliphatic carbocycles. The monoisotopic (exact) mass is 412 g/mol. The van der Waals surface area contributed by atoms with Gasteiger partial charge in [-0.25, -0.2) is 0 Å². The van der Waals surface area contributed by atoms with Crippen LogP contribution in [0, 0.1) is 0 Å². The fraction of sp³-hybridized carbons (Fsp3) is 0.0526. The highest BCUT2D eigenvalue weighted by molar-refractivity contribution is 9.10. The van der Waals surface area contributed by atoms with E-state index in [1.54, 1.807) is 11.3 Å². The van der Waals surface area contributed by atoms with Gasteiger partial charge in [0.2, 0.25) is 5.89 Å². The molecule has 0 saturated carbocycles. The van der Waals surface area contributed by atoms with Crippen molar-refractivity contribution in [3.05, 3.63) is 76.1 Å². The van der Waals surface area contributed by atoms with Crippen LogP contribution in [0.5, 0.6) is 5.75 Å². The average molecular weight is 413 g/mol. The number of benzene rings is 2. The van der Waals surface area contributed by atoms with Crippen molar-refractivity contribution < 1.29 is 9.15 Å². The Morgan fingerprint density at radius 2 is 1.80 bits per heavy atom. The van der Waals surface area contributed by atoms with E-state index >= 15 is 0 Å².